The van der Waals surface area contributed by atoms with E-state index in [0.717, 1.165) is 22.6 Å². The minimum Gasteiger partial charge on any atom is -0.399 e. The molecule has 0 aliphatic rings. The summed E-state index contributed by atoms with van der Waals surface area (Å²) in [5, 5.41) is 4.41. The number of nitrogen functional groups attached to an aromatic ring is 1. The number of anilines is 3. The molecule has 0 amide bonds. The summed E-state index contributed by atoms with van der Waals surface area (Å²) < 4.78 is 0. The number of hydrogen-bond acceptors (Lipinski definition) is 2. The van der Waals surface area contributed by atoms with Crippen molar-refractivity contribution in [3.8, 4) is 0 Å². The standard InChI is InChI=1S/C13H12Cl2N2/c1-8-4-10(16)7-11(5-8)17-13-3-2-9(14)6-12(13)15/h2-7,17H,16H2,1H3. The SMILES string of the molecule is Cc1cc(N)cc(Nc2ccc(Cl)cc2Cl)c1. The molecule has 17 heavy (non-hydrogen) atoms. The average Bonchev–Trinajstić information content (AvgIpc) is 2.21. The number of aryl methyl sites for hydroxylation is 1. The lowest BCUT2D eigenvalue weighted by molar-refractivity contribution is 1.45. The van der Waals surface area contributed by atoms with Gasteiger partial charge in [0.15, 0.2) is 0 Å². The molecule has 0 spiro atoms. The lowest BCUT2D eigenvalue weighted by Crippen LogP contribution is -1.94. The molecule has 2 aromatic carbocycles. The van der Waals surface area contributed by atoms with Gasteiger partial charge in [-0.2, -0.15) is 0 Å². The monoisotopic (exact) mass is 266 g/mol. The van der Waals surface area contributed by atoms with Crippen LogP contribution in [0.1, 0.15) is 5.56 Å². The average molecular weight is 267 g/mol. The molecular formula is C13H12Cl2N2. The van der Waals surface area contributed by atoms with Gasteiger partial charge < -0.3 is 11.1 Å². The summed E-state index contributed by atoms with van der Waals surface area (Å²) in [7, 11) is 0. The zero-order chi connectivity index (χ0) is 12.4. The normalized spacial score (nSPS) is 10.3. The Morgan fingerprint density at radius 2 is 1.82 bits per heavy atom. The fraction of sp³-hybridized carbons (Fsp3) is 0.0769. The summed E-state index contributed by atoms with van der Waals surface area (Å²) in [5.74, 6) is 0. The summed E-state index contributed by atoms with van der Waals surface area (Å²) in [6.45, 7) is 1.99. The number of halogens is 2. The van der Waals surface area contributed by atoms with E-state index in [4.69, 9.17) is 28.9 Å². The van der Waals surface area contributed by atoms with Gasteiger partial charge in [0, 0.05) is 16.4 Å². The van der Waals surface area contributed by atoms with Crippen LogP contribution in [0, 0.1) is 6.92 Å². The molecule has 0 saturated heterocycles. The number of hydrogen-bond donors (Lipinski definition) is 2. The quantitative estimate of drug-likeness (QED) is 0.778. The van der Waals surface area contributed by atoms with E-state index in [1.54, 1.807) is 12.1 Å². The third-order valence-corrected chi connectivity index (χ3v) is 2.86. The van der Waals surface area contributed by atoms with Crippen LogP contribution in [0.2, 0.25) is 10.0 Å². The van der Waals surface area contributed by atoms with Crippen LogP contribution in [-0.4, -0.2) is 0 Å². The highest BCUT2D eigenvalue weighted by molar-refractivity contribution is 6.36. The van der Waals surface area contributed by atoms with Crippen molar-refractivity contribution < 1.29 is 0 Å². The third-order valence-electron chi connectivity index (χ3n) is 2.31. The minimum absolute atomic E-state index is 0.581. The largest absolute Gasteiger partial charge is 0.399 e. The Morgan fingerprint density at radius 1 is 1.06 bits per heavy atom. The van der Waals surface area contributed by atoms with Gasteiger partial charge in [0.25, 0.3) is 0 Å². The Morgan fingerprint density at radius 3 is 2.47 bits per heavy atom. The molecule has 0 radical (unpaired) electrons. The summed E-state index contributed by atoms with van der Waals surface area (Å²) in [5.41, 5.74) is 9.31. The van der Waals surface area contributed by atoms with Gasteiger partial charge in [-0.3, -0.25) is 0 Å². The number of rotatable bonds is 2. The van der Waals surface area contributed by atoms with Gasteiger partial charge in [0.2, 0.25) is 0 Å². The molecule has 2 aromatic rings. The van der Waals surface area contributed by atoms with Crippen molar-refractivity contribution in [1.82, 2.24) is 0 Å². The van der Waals surface area contributed by atoms with Crippen molar-refractivity contribution >= 4 is 40.3 Å². The second-order valence-corrected chi connectivity index (χ2v) is 4.73. The van der Waals surface area contributed by atoms with Crippen LogP contribution in [0.4, 0.5) is 17.1 Å². The minimum atomic E-state index is 0.581. The number of nitrogens with one attached hydrogen (secondary N) is 1. The second-order valence-electron chi connectivity index (χ2n) is 3.88. The zero-order valence-electron chi connectivity index (χ0n) is 9.30. The number of nitrogens with two attached hydrogens (primary N) is 1. The van der Waals surface area contributed by atoms with E-state index in [1.165, 1.54) is 0 Å². The lowest BCUT2D eigenvalue weighted by atomic mass is 10.2. The predicted molar refractivity (Wildman–Crippen MR) is 75.3 cm³/mol. The highest BCUT2D eigenvalue weighted by atomic mass is 35.5. The van der Waals surface area contributed by atoms with Crippen molar-refractivity contribution in [3.63, 3.8) is 0 Å². The van der Waals surface area contributed by atoms with Gasteiger partial charge in [-0.1, -0.05) is 23.2 Å². The maximum absolute atomic E-state index is 6.08. The van der Waals surface area contributed by atoms with E-state index in [9.17, 15) is 0 Å². The third kappa shape index (κ3) is 3.05. The van der Waals surface area contributed by atoms with E-state index < -0.39 is 0 Å². The maximum atomic E-state index is 6.08. The molecule has 0 saturated carbocycles. The van der Waals surface area contributed by atoms with Crippen LogP contribution in [0.3, 0.4) is 0 Å². The molecule has 4 heteroatoms. The predicted octanol–water partition coefficient (Wildman–Crippen LogP) is 4.63. The molecule has 0 unspecified atom stereocenters. The Labute approximate surface area is 110 Å². The van der Waals surface area contributed by atoms with Crippen LogP contribution in [0.25, 0.3) is 0 Å². The van der Waals surface area contributed by atoms with Gasteiger partial charge in [-0.15, -0.1) is 0 Å². The molecule has 3 N–H and O–H groups in total. The molecule has 0 heterocycles. The Hall–Kier alpha value is -1.38. The molecule has 0 bridgehead atoms. The lowest BCUT2D eigenvalue weighted by Gasteiger charge is -2.10. The van der Waals surface area contributed by atoms with E-state index in [0.29, 0.717) is 10.0 Å². The molecule has 0 aliphatic carbocycles. The number of benzene rings is 2. The molecule has 0 aliphatic heterocycles. The molecule has 88 valence electrons. The van der Waals surface area contributed by atoms with Gasteiger partial charge in [0.05, 0.1) is 10.7 Å². The first-order valence-electron chi connectivity index (χ1n) is 5.14. The highest BCUT2D eigenvalue weighted by Gasteiger charge is 2.02. The van der Waals surface area contributed by atoms with Crippen molar-refractivity contribution in [2.24, 2.45) is 0 Å². The molecule has 0 fully saturated rings. The van der Waals surface area contributed by atoms with Crippen LogP contribution in [0.15, 0.2) is 36.4 Å². The van der Waals surface area contributed by atoms with Gasteiger partial charge in [-0.05, 0) is 48.9 Å². The molecule has 2 rings (SSSR count). The maximum Gasteiger partial charge on any atom is 0.0655 e. The molecule has 0 aromatic heterocycles. The fourth-order valence-electron chi connectivity index (χ4n) is 1.63. The fourth-order valence-corrected chi connectivity index (χ4v) is 2.09. The molecule has 2 nitrogen and oxygen atoms in total. The van der Waals surface area contributed by atoms with E-state index in [2.05, 4.69) is 5.32 Å². The van der Waals surface area contributed by atoms with Crippen LogP contribution < -0.4 is 11.1 Å². The summed E-state index contributed by atoms with van der Waals surface area (Å²) in [6.07, 6.45) is 0. The van der Waals surface area contributed by atoms with Crippen LogP contribution >= 0.6 is 23.2 Å². The van der Waals surface area contributed by atoms with Crippen molar-refractivity contribution in [2.45, 2.75) is 6.92 Å². The summed E-state index contributed by atoms with van der Waals surface area (Å²) >= 11 is 11.9. The van der Waals surface area contributed by atoms with E-state index in [-0.39, 0.29) is 0 Å². The molecule has 0 atom stereocenters. The van der Waals surface area contributed by atoms with Crippen molar-refractivity contribution in [2.75, 3.05) is 11.1 Å². The van der Waals surface area contributed by atoms with Gasteiger partial charge in [0.1, 0.15) is 0 Å². The summed E-state index contributed by atoms with van der Waals surface area (Å²) in [6, 6.07) is 11.1. The highest BCUT2D eigenvalue weighted by Crippen LogP contribution is 2.29. The van der Waals surface area contributed by atoms with E-state index in [1.807, 2.05) is 31.2 Å². The first-order valence-corrected chi connectivity index (χ1v) is 5.89. The van der Waals surface area contributed by atoms with Crippen LogP contribution in [-0.2, 0) is 0 Å². The second kappa shape index (κ2) is 4.86. The Kier molecular flexibility index (Phi) is 3.46. The van der Waals surface area contributed by atoms with Crippen LogP contribution in [0.5, 0.6) is 0 Å². The first kappa shape index (κ1) is 12.1. The summed E-state index contributed by atoms with van der Waals surface area (Å²) in [4.78, 5) is 0. The topological polar surface area (TPSA) is 38.0 Å². The smallest absolute Gasteiger partial charge is 0.0655 e. The van der Waals surface area contributed by atoms with Gasteiger partial charge in [-0.25, -0.2) is 0 Å². The van der Waals surface area contributed by atoms with Crippen molar-refractivity contribution in [3.05, 3.63) is 52.0 Å². The Balaban J connectivity index is 2.31. The Bertz CT molecular complexity index is 533. The molecular weight excluding hydrogens is 255 g/mol. The van der Waals surface area contributed by atoms with E-state index >= 15 is 0 Å². The zero-order valence-corrected chi connectivity index (χ0v) is 10.8. The van der Waals surface area contributed by atoms with Gasteiger partial charge >= 0.3 is 0 Å². The van der Waals surface area contributed by atoms with Crippen molar-refractivity contribution in [1.29, 1.82) is 0 Å². The first-order chi connectivity index (χ1) is 8.04.